The third-order valence-corrected chi connectivity index (χ3v) is 5.28. The molecule has 29 heavy (non-hydrogen) atoms. The molecular formula is C23H25N3O2S. The number of benzene rings is 1. The van der Waals surface area contributed by atoms with E-state index in [0.717, 1.165) is 4.90 Å². The van der Waals surface area contributed by atoms with Crippen LogP contribution < -0.4 is 9.46 Å². The van der Waals surface area contributed by atoms with Gasteiger partial charge in [-0.25, -0.2) is 4.98 Å². The second kappa shape index (κ2) is 9.09. The molecule has 0 aliphatic heterocycles. The second-order valence-electron chi connectivity index (χ2n) is 7.67. The fourth-order valence-corrected chi connectivity index (χ4v) is 3.38. The van der Waals surface area contributed by atoms with Crippen LogP contribution in [0.4, 0.5) is 5.82 Å². The largest absolute Gasteiger partial charge is 0.495 e. The molecule has 0 amide bonds. The molecule has 0 bridgehead atoms. The van der Waals surface area contributed by atoms with Crippen LogP contribution in [-0.4, -0.2) is 22.9 Å². The zero-order valence-electron chi connectivity index (χ0n) is 17.1. The van der Waals surface area contributed by atoms with Gasteiger partial charge in [-0.3, -0.25) is 9.78 Å². The minimum absolute atomic E-state index is 0.0496. The Hall–Kier alpha value is -2.86. The number of carbonyl (C=O) groups excluding carboxylic acids is 1. The van der Waals surface area contributed by atoms with Crippen LogP contribution in [0.25, 0.3) is 0 Å². The first-order valence-electron chi connectivity index (χ1n) is 9.37. The van der Waals surface area contributed by atoms with E-state index in [9.17, 15) is 4.79 Å². The van der Waals surface area contributed by atoms with Gasteiger partial charge in [-0.1, -0.05) is 32.9 Å². The average Bonchev–Trinajstić information content (AvgIpc) is 2.72. The summed E-state index contributed by atoms with van der Waals surface area (Å²) in [5.74, 6) is 1.21. The van der Waals surface area contributed by atoms with Gasteiger partial charge >= 0.3 is 0 Å². The van der Waals surface area contributed by atoms with Crippen LogP contribution in [0.5, 0.6) is 5.75 Å². The van der Waals surface area contributed by atoms with E-state index in [4.69, 9.17) is 4.74 Å². The number of ketones is 1. The van der Waals surface area contributed by atoms with E-state index in [1.165, 1.54) is 17.5 Å². The summed E-state index contributed by atoms with van der Waals surface area (Å²) in [5.41, 5.74) is 2.57. The van der Waals surface area contributed by atoms with E-state index in [2.05, 4.69) is 59.7 Å². The highest BCUT2D eigenvalue weighted by molar-refractivity contribution is 8.00. The van der Waals surface area contributed by atoms with E-state index < -0.39 is 0 Å². The number of hydrogen-bond acceptors (Lipinski definition) is 6. The number of nitrogens with one attached hydrogen (secondary N) is 1. The summed E-state index contributed by atoms with van der Waals surface area (Å²) >= 11 is 1.48. The van der Waals surface area contributed by atoms with Gasteiger partial charge in [-0.15, -0.1) is 0 Å². The van der Waals surface area contributed by atoms with Crippen LogP contribution in [-0.2, 0) is 11.8 Å². The summed E-state index contributed by atoms with van der Waals surface area (Å²) in [6.07, 6.45) is 3.36. The molecule has 3 aromatic rings. The Morgan fingerprint density at radius 2 is 1.86 bits per heavy atom. The lowest BCUT2D eigenvalue weighted by Crippen LogP contribution is -2.10. The van der Waals surface area contributed by atoms with Gasteiger partial charge in [0.05, 0.1) is 19.2 Å². The molecule has 5 nitrogen and oxygen atoms in total. The first-order chi connectivity index (χ1) is 13.9. The SMILES string of the molecule is COc1ccc(NSc2ccc(C(C)(C)C)cc2)nc1CC(=O)c1cccnc1. The van der Waals surface area contributed by atoms with Gasteiger partial charge in [0, 0.05) is 22.9 Å². The first kappa shape index (κ1) is 20.9. The molecule has 0 spiro atoms. The third-order valence-electron chi connectivity index (χ3n) is 4.46. The third kappa shape index (κ3) is 5.57. The van der Waals surface area contributed by atoms with Gasteiger partial charge in [-0.2, -0.15) is 0 Å². The maximum Gasteiger partial charge on any atom is 0.170 e. The molecule has 6 heteroatoms. The summed E-state index contributed by atoms with van der Waals surface area (Å²) in [7, 11) is 1.58. The van der Waals surface area contributed by atoms with Gasteiger partial charge in [0.2, 0.25) is 0 Å². The number of methoxy groups -OCH3 is 1. The predicted octanol–water partition coefficient (Wildman–Crippen LogP) is 5.33. The van der Waals surface area contributed by atoms with E-state index in [1.807, 2.05) is 12.1 Å². The molecule has 0 fully saturated rings. The Balaban J connectivity index is 1.70. The molecule has 0 atom stereocenters. The normalized spacial score (nSPS) is 11.2. The van der Waals surface area contributed by atoms with E-state index in [1.54, 1.807) is 31.6 Å². The Kier molecular flexibility index (Phi) is 6.54. The number of carbonyl (C=O) groups is 1. The zero-order chi connectivity index (χ0) is 20.9. The van der Waals surface area contributed by atoms with E-state index in [-0.39, 0.29) is 17.6 Å². The highest BCUT2D eigenvalue weighted by Gasteiger charge is 2.15. The maximum atomic E-state index is 12.5. The van der Waals surface area contributed by atoms with Crippen LogP contribution in [0.3, 0.4) is 0 Å². The summed E-state index contributed by atoms with van der Waals surface area (Å²) in [6.45, 7) is 6.59. The molecule has 2 aromatic heterocycles. The lowest BCUT2D eigenvalue weighted by Gasteiger charge is -2.19. The molecule has 1 aromatic carbocycles. The van der Waals surface area contributed by atoms with Crippen LogP contribution in [0.1, 0.15) is 42.4 Å². The first-order valence-corrected chi connectivity index (χ1v) is 10.2. The van der Waals surface area contributed by atoms with Crippen LogP contribution >= 0.6 is 11.9 Å². The minimum atomic E-state index is -0.0496. The van der Waals surface area contributed by atoms with Crippen molar-refractivity contribution in [1.82, 2.24) is 9.97 Å². The number of nitrogens with zero attached hydrogens (tertiary/aromatic N) is 2. The number of anilines is 1. The molecule has 0 radical (unpaired) electrons. The molecule has 0 saturated carbocycles. The van der Waals surface area contributed by atoms with E-state index in [0.29, 0.717) is 22.8 Å². The van der Waals surface area contributed by atoms with Crippen LogP contribution in [0.15, 0.2) is 65.8 Å². The number of ether oxygens (including phenoxy) is 1. The van der Waals surface area contributed by atoms with Gasteiger partial charge in [-0.05, 0) is 59.3 Å². The number of rotatable bonds is 7. The molecule has 3 rings (SSSR count). The standard InChI is InChI=1S/C23H25N3O2S/c1-23(2,3)17-7-9-18(10-8-17)29-26-22-12-11-21(28-4)19(25-22)14-20(27)16-6-5-13-24-15-16/h5-13,15H,14H2,1-4H3,(H,25,26). The number of hydrogen-bond donors (Lipinski definition) is 1. The second-order valence-corrected chi connectivity index (χ2v) is 8.55. The van der Waals surface area contributed by atoms with Crippen molar-refractivity contribution in [2.24, 2.45) is 0 Å². The lowest BCUT2D eigenvalue weighted by molar-refractivity contribution is 0.0990. The number of aromatic nitrogens is 2. The van der Waals surface area contributed by atoms with Crippen LogP contribution in [0, 0.1) is 0 Å². The Morgan fingerprint density at radius 1 is 1.10 bits per heavy atom. The molecular weight excluding hydrogens is 382 g/mol. The van der Waals surface area contributed by atoms with Gasteiger partial charge in [0.25, 0.3) is 0 Å². The quantitative estimate of drug-likeness (QED) is 0.422. The molecule has 0 unspecified atom stereocenters. The highest BCUT2D eigenvalue weighted by Crippen LogP contribution is 2.27. The van der Waals surface area contributed by atoms with Crippen molar-refractivity contribution in [2.75, 3.05) is 11.8 Å². The Bertz CT molecular complexity index is 968. The predicted molar refractivity (Wildman–Crippen MR) is 118 cm³/mol. The number of pyridine rings is 2. The van der Waals surface area contributed by atoms with Gasteiger partial charge < -0.3 is 9.46 Å². The molecule has 0 aliphatic rings. The minimum Gasteiger partial charge on any atom is -0.495 e. The topological polar surface area (TPSA) is 64.1 Å². The van der Waals surface area contributed by atoms with Crippen molar-refractivity contribution >= 4 is 23.5 Å². The van der Waals surface area contributed by atoms with Crippen molar-refractivity contribution in [3.63, 3.8) is 0 Å². The van der Waals surface area contributed by atoms with Crippen molar-refractivity contribution in [3.05, 3.63) is 77.7 Å². The van der Waals surface area contributed by atoms with E-state index >= 15 is 0 Å². The molecule has 150 valence electrons. The maximum absolute atomic E-state index is 12.5. The van der Waals surface area contributed by atoms with Crippen molar-refractivity contribution in [3.8, 4) is 5.75 Å². The summed E-state index contributed by atoms with van der Waals surface area (Å²) in [4.78, 5) is 22.2. The fraction of sp³-hybridized carbons (Fsp3) is 0.261. The molecule has 0 saturated heterocycles. The average molecular weight is 408 g/mol. The Labute approximate surface area is 176 Å². The molecule has 0 aliphatic carbocycles. The lowest BCUT2D eigenvalue weighted by atomic mass is 9.87. The fourth-order valence-electron chi connectivity index (χ4n) is 2.77. The molecule has 2 heterocycles. The summed E-state index contributed by atoms with van der Waals surface area (Å²) < 4.78 is 8.63. The van der Waals surface area contributed by atoms with Crippen LogP contribution in [0.2, 0.25) is 0 Å². The Morgan fingerprint density at radius 3 is 2.48 bits per heavy atom. The van der Waals surface area contributed by atoms with Gasteiger partial charge in [0.1, 0.15) is 11.6 Å². The zero-order valence-corrected chi connectivity index (χ0v) is 17.9. The highest BCUT2D eigenvalue weighted by atomic mass is 32.2. The van der Waals surface area contributed by atoms with Crippen molar-refractivity contribution in [2.45, 2.75) is 37.5 Å². The van der Waals surface area contributed by atoms with Crippen molar-refractivity contribution < 1.29 is 9.53 Å². The summed E-state index contributed by atoms with van der Waals surface area (Å²) in [6, 6.07) is 15.6. The van der Waals surface area contributed by atoms with Gasteiger partial charge in [0.15, 0.2) is 5.78 Å². The monoisotopic (exact) mass is 407 g/mol. The smallest absolute Gasteiger partial charge is 0.170 e. The van der Waals surface area contributed by atoms with Crippen molar-refractivity contribution in [1.29, 1.82) is 0 Å². The molecule has 1 N–H and O–H groups in total. The summed E-state index contributed by atoms with van der Waals surface area (Å²) in [5, 5.41) is 0. The number of Topliss-reactive ketones (excluding diaryl/α,β-unsaturated/α-hetero) is 1.